The van der Waals surface area contributed by atoms with Gasteiger partial charge < -0.3 is 11.1 Å². The Balaban J connectivity index is 2.07. The number of aryl methyl sites for hydroxylation is 1. The summed E-state index contributed by atoms with van der Waals surface area (Å²) in [5.74, 6) is 1.67. The average Bonchev–Trinajstić information content (AvgIpc) is 2.42. The van der Waals surface area contributed by atoms with Gasteiger partial charge in [-0.1, -0.05) is 32.0 Å². The van der Waals surface area contributed by atoms with E-state index in [0.29, 0.717) is 0 Å². The van der Waals surface area contributed by atoms with Crippen LogP contribution in [0, 0.1) is 18.8 Å². The molecule has 1 aromatic rings. The van der Waals surface area contributed by atoms with Gasteiger partial charge in [0.1, 0.15) is 0 Å². The molecule has 0 spiro atoms. The minimum Gasteiger partial charge on any atom is -0.378 e. The lowest BCUT2D eigenvalue weighted by Gasteiger charge is -2.42. The fourth-order valence-corrected chi connectivity index (χ4v) is 3.24. The summed E-state index contributed by atoms with van der Waals surface area (Å²) in [5, 5.41) is 3.75. The molecule has 2 heteroatoms. The third-order valence-electron chi connectivity index (χ3n) is 4.87. The highest BCUT2D eigenvalue weighted by Gasteiger charge is 2.35. The van der Waals surface area contributed by atoms with E-state index in [1.165, 1.54) is 36.9 Å². The van der Waals surface area contributed by atoms with E-state index in [-0.39, 0.29) is 5.54 Å². The van der Waals surface area contributed by atoms with Gasteiger partial charge in [0.2, 0.25) is 0 Å². The Morgan fingerprint density at radius 2 is 1.89 bits per heavy atom. The summed E-state index contributed by atoms with van der Waals surface area (Å²) >= 11 is 0. The fraction of sp³-hybridized carbons (Fsp3) is 0.647. The van der Waals surface area contributed by atoms with Crippen molar-refractivity contribution in [3.8, 4) is 0 Å². The maximum Gasteiger partial charge on any atom is 0.0496 e. The summed E-state index contributed by atoms with van der Waals surface area (Å²) in [5.41, 5.74) is 8.76. The SMILES string of the molecule is Cc1ccccc1NC1(CN)CCC(C(C)C)CC1. The van der Waals surface area contributed by atoms with Crippen LogP contribution in [-0.4, -0.2) is 12.1 Å². The van der Waals surface area contributed by atoms with Crippen molar-refractivity contribution in [3.05, 3.63) is 29.8 Å². The molecule has 0 amide bonds. The van der Waals surface area contributed by atoms with Gasteiger partial charge in [0, 0.05) is 17.8 Å². The minimum atomic E-state index is 0.109. The molecule has 19 heavy (non-hydrogen) atoms. The van der Waals surface area contributed by atoms with Crippen molar-refractivity contribution in [2.75, 3.05) is 11.9 Å². The second-order valence-corrected chi connectivity index (χ2v) is 6.51. The monoisotopic (exact) mass is 260 g/mol. The first-order chi connectivity index (χ1) is 9.06. The first-order valence-electron chi connectivity index (χ1n) is 7.60. The number of hydrogen-bond donors (Lipinski definition) is 2. The van der Waals surface area contributed by atoms with Gasteiger partial charge in [0.05, 0.1) is 0 Å². The van der Waals surface area contributed by atoms with Crippen LogP contribution in [0.1, 0.15) is 45.1 Å². The molecule has 1 aliphatic carbocycles. The largest absolute Gasteiger partial charge is 0.378 e. The molecule has 1 fully saturated rings. The third kappa shape index (κ3) is 3.30. The highest BCUT2D eigenvalue weighted by atomic mass is 15.0. The van der Waals surface area contributed by atoms with Gasteiger partial charge in [-0.15, -0.1) is 0 Å². The van der Waals surface area contributed by atoms with Gasteiger partial charge in [-0.2, -0.15) is 0 Å². The Bertz CT molecular complexity index is 403. The van der Waals surface area contributed by atoms with Crippen molar-refractivity contribution in [2.45, 2.75) is 52.0 Å². The summed E-state index contributed by atoms with van der Waals surface area (Å²) < 4.78 is 0. The molecule has 2 rings (SSSR count). The average molecular weight is 260 g/mol. The van der Waals surface area contributed by atoms with E-state index in [2.05, 4.69) is 50.4 Å². The van der Waals surface area contributed by atoms with E-state index >= 15 is 0 Å². The topological polar surface area (TPSA) is 38.0 Å². The number of anilines is 1. The minimum absolute atomic E-state index is 0.109. The Kier molecular flexibility index (Phi) is 4.51. The lowest BCUT2D eigenvalue weighted by atomic mass is 9.72. The van der Waals surface area contributed by atoms with Crippen LogP contribution < -0.4 is 11.1 Å². The van der Waals surface area contributed by atoms with E-state index < -0.39 is 0 Å². The molecule has 0 atom stereocenters. The van der Waals surface area contributed by atoms with Crippen molar-refractivity contribution in [1.82, 2.24) is 0 Å². The smallest absolute Gasteiger partial charge is 0.0496 e. The van der Waals surface area contributed by atoms with Crippen LogP contribution >= 0.6 is 0 Å². The fourth-order valence-electron chi connectivity index (χ4n) is 3.24. The Labute approximate surface area is 117 Å². The first kappa shape index (κ1) is 14.4. The predicted octanol–water partition coefficient (Wildman–Crippen LogP) is 3.95. The molecule has 0 radical (unpaired) electrons. The second-order valence-electron chi connectivity index (χ2n) is 6.51. The number of para-hydroxylation sites is 1. The summed E-state index contributed by atoms with van der Waals surface area (Å²) in [6, 6.07) is 8.51. The normalized spacial score (nSPS) is 27.5. The number of hydrogen-bond acceptors (Lipinski definition) is 2. The van der Waals surface area contributed by atoms with Crippen LogP contribution in [0.4, 0.5) is 5.69 Å². The highest BCUT2D eigenvalue weighted by Crippen LogP contribution is 2.37. The molecule has 0 aromatic heterocycles. The van der Waals surface area contributed by atoms with Crippen LogP contribution in [0.2, 0.25) is 0 Å². The molecule has 3 N–H and O–H groups in total. The standard InChI is InChI=1S/C17H28N2/c1-13(2)15-8-10-17(12-18,11-9-15)19-16-7-5-4-6-14(16)3/h4-7,13,15,19H,8-12,18H2,1-3H3. The van der Waals surface area contributed by atoms with Crippen molar-refractivity contribution in [3.63, 3.8) is 0 Å². The number of nitrogens with one attached hydrogen (secondary N) is 1. The molecule has 1 saturated carbocycles. The van der Waals surface area contributed by atoms with Crippen molar-refractivity contribution in [1.29, 1.82) is 0 Å². The Morgan fingerprint density at radius 3 is 2.42 bits per heavy atom. The number of nitrogens with two attached hydrogens (primary N) is 1. The van der Waals surface area contributed by atoms with Crippen molar-refractivity contribution < 1.29 is 0 Å². The Hall–Kier alpha value is -1.02. The third-order valence-corrected chi connectivity index (χ3v) is 4.87. The van der Waals surface area contributed by atoms with Gasteiger partial charge in [-0.25, -0.2) is 0 Å². The molecule has 0 unspecified atom stereocenters. The van der Waals surface area contributed by atoms with Gasteiger partial charge in [0.25, 0.3) is 0 Å². The first-order valence-corrected chi connectivity index (χ1v) is 7.60. The van der Waals surface area contributed by atoms with E-state index in [4.69, 9.17) is 5.73 Å². The molecule has 0 saturated heterocycles. The van der Waals surface area contributed by atoms with Gasteiger partial charge in [0.15, 0.2) is 0 Å². The van der Waals surface area contributed by atoms with E-state index in [1.807, 2.05) is 0 Å². The number of benzene rings is 1. The molecule has 0 heterocycles. The summed E-state index contributed by atoms with van der Waals surface area (Å²) in [4.78, 5) is 0. The summed E-state index contributed by atoms with van der Waals surface area (Å²) in [6.07, 6.45) is 4.99. The molecular weight excluding hydrogens is 232 g/mol. The maximum atomic E-state index is 6.10. The van der Waals surface area contributed by atoms with E-state index in [0.717, 1.165) is 18.4 Å². The zero-order valence-electron chi connectivity index (χ0n) is 12.6. The van der Waals surface area contributed by atoms with Crippen LogP contribution in [0.25, 0.3) is 0 Å². The van der Waals surface area contributed by atoms with Crippen LogP contribution in [0.15, 0.2) is 24.3 Å². The predicted molar refractivity (Wildman–Crippen MR) is 83.4 cm³/mol. The van der Waals surface area contributed by atoms with Gasteiger partial charge in [-0.05, 0) is 56.1 Å². The zero-order chi connectivity index (χ0) is 13.9. The van der Waals surface area contributed by atoms with E-state index in [9.17, 15) is 0 Å². The Morgan fingerprint density at radius 1 is 1.26 bits per heavy atom. The second kappa shape index (κ2) is 5.96. The molecule has 106 valence electrons. The molecule has 0 bridgehead atoms. The van der Waals surface area contributed by atoms with E-state index in [1.54, 1.807) is 0 Å². The highest BCUT2D eigenvalue weighted by molar-refractivity contribution is 5.52. The zero-order valence-corrected chi connectivity index (χ0v) is 12.6. The molecular formula is C17H28N2. The molecule has 1 aliphatic rings. The van der Waals surface area contributed by atoms with Crippen LogP contribution in [-0.2, 0) is 0 Å². The van der Waals surface area contributed by atoms with Crippen LogP contribution in [0.3, 0.4) is 0 Å². The summed E-state index contributed by atoms with van der Waals surface area (Å²) in [6.45, 7) is 7.57. The lowest BCUT2D eigenvalue weighted by molar-refractivity contribution is 0.213. The number of rotatable bonds is 4. The van der Waals surface area contributed by atoms with Crippen LogP contribution in [0.5, 0.6) is 0 Å². The van der Waals surface area contributed by atoms with Gasteiger partial charge in [-0.3, -0.25) is 0 Å². The van der Waals surface area contributed by atoms with Crippen molar-refractivity contribution >= 4 is 5.69 Å². The molecule has 0 aliphatic heterocycles. The lowest BCUT2D eigenvalue weighted by Crippen LogP contribution is -2.48. The summed E-state index contributed by atoms with van der Waals surface area (Å²) in [7, 11) is 0. The molecule has 2 nitrogen and oxygen atoms in total. The van der Waals surface area contributed by atoms with Crippen molar-refractivity contribution in [2.24, 2.45) is 17.6 Å². The maximum absolute atomic E-state index is 6.10. The quantitative estimate of drug-likeness (QED) is 0.860. The van der Waals surface area contributed by atoms with Gasteiger partial charge >= 0.3 is 0 Å². The molecule has 1 aromatic carbocycles.